The summed E-state index contributed by atoms with van der Waals surface area (Å²) in [4.78, 5) is 20.9. The monoisotopic (exact) mass is 468 g/mol. The number of carbonyl (C=O) groups excluding carboxylic acids is 1. The van der Waals surface area contributed by atoms with E-state index in [1.54, 1.807) is 12.4 Å². The van der Waals surface area contributed by atoms with Crippen LogP contribution in [0.15, 0.2) is 36.7 Å². The molecule has 1 aliphatic rings. The van der Waals surface area contributed by atoms with Crippen LogP contribution in [0.5, 0.6) is 5.75 Å². The molecule has 1 aromatic heterocycles. The summed E-state index contributed by atoms with van der Waals surface area (Å²) in [5.74, 6) is 1.35. The first kappa shape index (κ1) is 26.0. The van der Waals surface area contributed by atoms with Gasteiger partial charge in [-0.1, -0.05) is 89.5 Å². The molecule has 2 aromatic rings. The Morgan fingerprint density at radius 2 is 1.50 bits per heavy atom. The second-order valence-electron chi connectivity index (χ2n) is 9.16. The van der Waals surface area contributed by atoms with Crippen LogP contribution >= 0.6 is 0 Å². The van der Waals surface area contributed by atoms with Gasteiger partial charge >= 0.3 is 6.16 Å². The molecular formula is C28H40N2O4. The Balaban J connectivity index is 1.47. The highest BCUT2D eigenvalue weighted by molar-refractivity contribution is 5.62. The minimum absolute atomic E-state index is 0.0741. The molecule has 2 atom stereocenters. The number of carbonyl (C=O) groups is 1. The van der Waals surface area contributed by atoms with E-state index in [1.165, 1.54) is 51.4 Å². The average molecular weight is 469 g/mol. The van der Waals surface area contributed by atoms with Crippen molar-refractivity contribution in [1.82, 2.24) is 9.97 Å². The lowest BCUT2D eigenvalue weighted by Crippen LogP contribution is -2.29. The Labute approximate surface area is 204 Å². The summed E-state index contributed by atoms with van der Waals surface area (Å²) in [6.07, 6.45) is 16.2. The Hall–Kier alpha value is -2.63. The topological polar surface area (TPSA) is 70.5 Å². The van der Waals surface area contributed by atoms with Gasteiger partial charge in [-0.15, -0.1) is 0 Å². The molecule has 6 heteroatoms. The van der Waals surface area contributed by atoms with E-state index in [-0.39, 0.29) is 12.2 Å². The van der Waals surface area contributed by atoms with Gasteiger partial charge in [-0.25, -0.2) is 14.8 Å². The summed E-state index contributed by atoms with van der Waals surface area (Å²) in [5.41, 5.74) is 1.89. The molecule has 2 heterocycles. The van der Waals surface area contributed by atoms with Crippen molar-refractivity contribution in [2.75, 3.05) is 6.61 Å². The fourth-order valence-corrected chi connectivity index (χ4v) is 4.25. The lowest BCUT2D eigenvalue weighted by atomic mass is 9.98. The largest absolute Gasteiger partial charge is 0.509 e. The SMILES string of the molecule is CCCCCCCCOc1cnc(-c2ccc([C@H]3C[C@@H](CCCCCC)OC(=O)O3)cc2)nc1. The first-order valence-electron chi connectivity index (χ1n) is 13.1. The smallest absolute Gasteiger partial charge is 0.490 e. The maximum atomic E-state index is 11.9. The van der Waals surface area contributed by atoms with E-state index in [1.807, 2.05) is 24.3 Å². The van der Waals surface area contributed by atoms with Gasteiger partial charge in [-0.3, -0.25) is 0 Å². The summed E-state index contributed by atoms with van der Waals surface area (Å²) in [6.45, 7) is 5.13. The molecule has 0 radical (unpaired) electrons. The van der Waals surface area contributed by atoms with Crippen LogP contribution in [-0.2, 0) is 9.47 Å². The van der Waals surface area contributed by atoms with E-state index in [2.05, 4.69) is 23.8 Å². The molecule has 186 valence electrons. The molecular weight excluding hydrogens is 428 g/mol. The van der Waals surface area contributed by atoms with Crippen LogP contribution in [0.2, 0.25) is 0 Å². The van der Waals surface area contributed by atoms with E-state index in [9.17, 15) is 4.79 Å². The van der Waals surface area contributed by atoms with E-state index < -0.39 is 6.16 Å². The van der Waals surface area contributed by atoms with Gasteiger partial charge in [0.25, 0.3) is 0 Å². The summed E-state index contributed by atoms with van der Waals surface area (Å²) in [7, 11) is 0. The molecule has 1 saturated heterocycles. The van der Waals surface area contributed by atoms with Crippen LogP contribution in [0.4, 0.5) is 4.79 Å². The number of hydrogen-bond donors (Lipinski definition) is 0. The van der Waals surface area contributed by atoms with Crippen LogP contribution < -0.4 is 4.74 Å². The Kier molecular flexibility index (Phi) is 11.2. The van der Waals surface area contributed by atoms with E-state index in [4.69, 9.17) is 14.2 Å². The lowest BCUT2D eigenvalue weighted by Gasteiger charge is -2.29. The van der Waals surface area contributed by atoms with Gasteiger partial charge in [-0.2, -0.15) is 0 Å². The fraction of sp³-hybridized carbons (Fsp3) is 0.607. The number of cyclic esters (lactones) is 2. The molecule has 34 heavy (non-hydrogen) atoms. The minimum Gasteiger partial charge on any atom is -0.490 e. The molecule has 0 N–H and O–H groups in total. The van der Waals surface area contributed by atoms with Crippen molar-refractivity contribution in [2.24, 2.45) is 0 Å². The number of nitrogens with zero attached hydrogens (tertiary/aromatic N) is 2. The average Bonchev–Trinajstić information content (AvgIpc) is 2.86. The molecule has 6 nitrogen and oxygen atoms in total. The number of benzene rings is 1. The molecule has 1 aromatic carbocycles. The molecule has 1 aliphatic heterocycles. The summed E-state index contributed by atoms with van der Waals surface area (Å²) >= 11 is 0. The Morgan fingerprint density at radius 3 is 2.21 bits per heavy atom. The molecule has 0 aliphatic carbocycles. The molecule has 0 amide bonds. The van der Waals surface area contributed by atoms with Gasteiger partial charge in [0.1, 0.15) is 12.2 Å². The van der Waals surface area contributed by atoms with Gasteiger partial charge in [-0.05, 0) is 24.8 Å². The van der Waals surface area contributed by atoms with Crippen molar-refractivity contribution in [1.29, 1.82) is 0 Å². The zero-order valence-electron chi connectivity index (χ0n) is 20.8. The van der Waals surface area contributed by atoms with Crippen LogP contribution in [-0.4, -0.2) is 28.8 Å². The number of hydrogen-bond acceptors (Lipinski definition) is 6. The maximum absolute atomic E-state index is 11.9. The molecule has 0 spiro atoms. The van der Waals surface area contributed by atoms with Crippen molar-refractivity contribution in [3.05, 3.63) is 42.2 Å². The van der Waals surface area contributed by atoms with Crippen LogP contribution in [0.3, 0.4) is 0 Å². The zero-order valence-corrected chi connectivity index (χ0v) is 20.8. The lowest BCUT2D eigenvalue weighted by molar-refractivity contribution is -0.0638. The van der Waals surface area contributed by atoms with Crippen LogP contribution in [0, 0.1) is 0 Å². The van der Waals surface area contributed by atoms with Crippen LogP contribution in [0.1, 0.15) is 103 Å². The van der Waals surface area contributed by atoms with E-state index >= 15 is 0 Å². The summed E-state index contributed by atoms with van der Waals surface area (Å²) < 4.78 is 16.6. The number of unbranched alkanes of at least 4 members (excludes halogenated alkanes) is 8. The molecule has 1 fully saturated rings. The predicted octanol–water partition coefficient (Wildman–Crippen LogP) is 7.82. The van der Waals surface area contributed by atoms with Crippen molar-refractivity contribution < 1.29 is 19.0 Å². The quantitative estimate of drug-likeness (QED) is 0.196. The number of ether oxygens (including phenoxy) is 3. The van der Waals surface area contributed by atoms with Gasteiger partial charge in [0.15, 0.2) is 11.6 Å². The summed E-state index contributed by atoms with van der Waals surface area (Å²) in [6, 6.07) is 7.92. The van der Waals surface area contributed by atoms with Gasteiger partial charge in [0.05, 0.1) is 19.0 Å². The summed E-state index contributed by atoms with van der Waals surface area (Å²) in [5, 5.41) is 0. The van der Waals surface area contributed by atoms with E-state index in [0.29, 0.717) is 24.6 Å². The first-order chi connectivity index (χ1) is 16.7. The normalized spacial score (nSPS) is 17.8. The van der Waals surface area contributed by atoms with Crippen LogP contribution in [0.25, 0.3) is 11.4 Å². The third-order valence-corrected chi connectivity index (χ3v) is 6.29. The third-order valence-electron chi connectivity index (χ3n) is 6.29. The molecule has 3 rings (SSSR count). The van der Waals surface area contributed by atoms with Crippen molar-refractivity contribution in [2.45, 2.75) is 103 Å². The Morgan fingerprint density at radius 1 is 0.853 bits per heavy atom. The highest BCUT2D eigenvalue weighted by atomic mass is 16.7. The molecule has 0 unspecified atom stereocenters. The third kappa shape index (κ3) is 8.62. The van der Waals surface area contributed by atoms with Gasteiger partial charge in [0, 0.05) is 12.0 Å². The minimum atomic E-state index is -0.569. The van der Waals surface area contributed by atoms with E-state index in [0.717, 1.165) is 30.4 Å². The maximum Gasteiger partial charge on any atom is 0.509 e. The highest BCUT2D eigenvalue weighted by Gasteiger charge is 2.30. The van der Waals surface area contributed by atoms with Crippen molar-refractivity contribution in [3.8, 4) is 17.1 Å². The number of rotatable bonds is 15. The highest BCUT2D eigenvalue weighted by Crippen LogP contribution is 2.32. The standard InChI is InChI=1S/C28H40N2O4/c1-3-5-7-9-10-12-18-32-25-20-29-27(30-21-25)23-16-14-22(15-17-23)26-19-24(33-28(31)34-26)13-11-8-6-4-2/h14-17,20-21,24,26H,3-13,18-19H2,1-2H3/t24-,26-/m1/s1. The second-order valence-corrected chi connectivity index (χ2v) is 9.16. The van der Waals surface area contributed by atoms with Crippen molar-refractivity contribution in [3.63, 3.8) is 0 Å². The fourth-order valence-electron chi connectivity index (χ4n) is 4.25. The van der Waals surface area contributed by atoms with Crippen molar-refractivity contribution >= 4 is 6.16 Å². The van der Waals surface area contributed by atoms with Gasteiger partial charge in [0.2, 0.25) is 0 Å². The predicted molar refractivity (Wildman–Crippen MR) is 134 cm³/mol. The molecule has 0 saturated carbocycles. The Bertz CT molecular complexity index is 838. The van der Waals surface area contributed by atoms with Gasteiger partial charge < -0.3 is 14.2 Å². The first-order valence-corrected chi connectivity index (χ1v) is 13.1. The second kappa shape index (κ2) is 14.6. The number of aromatic nitrogens is 2. The molecule has 0 bridgehead atoms. The zero-order chi connectivity index (χ0) is 24.0.